The number of nitrogens with one attached hydrogen (secondary N) is 1. The van der Waals surface area contributed by atoms with Gasteiger partial charge in [-0.25, -0.2) is 9.98 Å². The molecule has 0 saturated heterocycles. The topological polar surface area (TPSA) is 36.8 Å². The standard InChI is InChI=1S/C12H12ClN3/c1-9-7-8-11(16-12(13)14-9)15-10-5-3-2-4-6-10/h2-7H,8H2,1H3,(H,14,15,16). The highest BCUT2D eigenvalue weighted by Gasteiger charge is 2.04. The van der Waals surface area contributed by atoms with Crippen LogP contribution in [0, 0.1) is 0 Å². The number of anilines is 1. The summed E-state index contributed by atoms with van der Waals surface area (Å²) in [6.07, 6.45) is 2.70. The first-order chi connectivity index (χ1) is 7.74. The van der Waals surface area contributed by atoms with Gasteiger partial charge in [-0.2, -0.15) is 0 Å². The normalized spacial score (nSPS) is 15.8. The van der Waals surface area contributed by atoms with Crippen molar-refractivity contribution in [3.63, 3.8) is 0 Å². The molecule has 3 nitrogen and oxygen atoms in total. The van der Waals surface area contributed by atoms with Crippen LogP contribution in [0.3, 0.4) is 0 Å². The first-order valence-corrected chi connectivity index (χ1v) is 5.42. The molecule has 1 N–H and O–H groups in total. The lowest BCUT2D eigenvalue weighted by molar-refractivity contribution is 1.27. The van der Waals surface area contributed by atoms with Gasteiger partial charge in [0.2, 0.25) is 5.29 Å². The molecule has 82 valence electrons. The summed E-state index contributed by atoms with van der Waals surface area (Å²) in [5.74, 6) is 0.803. The quantitative estimate of drug-likeness (QED) is 0.742. The molecule has 0 bridgehead atoms. The first-order valence-electron chi connectivity index (χ1n) is 5.04. The molecule has 1 aliphatic heterocycles. The number of rotatable bonds is 1. The Morgan fingerprint density at radius 2 is 1.94 bits per heavy atom. The van der Waals surface area contributed by atoms with E-state index < -0.39 is 0 Å². The van der Waals surface area contributed by atoms with Gasteiger partial charge in [0.25, 0.3) is 0 Å². The lowest BCUT2D eigenvalue weighted by Gasteiger charge is -2.06. The number of benzene rings is 1. The van der Waals surface area contributed by atoms with Gasteiger partial charge in [0, 0.05) is 17.8 Å². The van der Waals surface area contributed by atoms with Gasteiger partial charge in [-0.3, -0.25) is 0 Å². The SMILES string of the molecule is CC1=CCC(Nc2ccccc2)=NC(Cl)=N1. The number of para-hydroxylation sites is 1. The number of amidine groups is 2. The van der Waals surface area contributed by atoms with Gasteiger partial charge in [0.15, 0.2) is 0 Å². The number of allylic oxidation sites excluding steroid dienone is 1. The minimum atomic E-state index is 0.268. The fourth-order valence-electron chi connectivity index (χ4n) is 1.38. The van der Waals surface area contributed by atoms with Gasteiger partial charge in [-0.05, 0) is 30.7 Å². The maximum atomic E-state index is 5.86. The number of hydrogen-bond acceptors (Lipinski definition) is 3. The Balaban J connectivity index is 2.15. The molecule has 1 heterocycles. The summed E-state index contributed by atoms with van der Waals surface area (Å²) in [4.78, 5) is 8.27. The highest BCUT2D eigenvalue weighted by molar-refractivity contribution is 6.65. The Morgan fingerprint density at radius 3 is 2.69 bits per heavy atom. The number of hydrogen-bond donors (Lipinski definition) is 1. The zero-order chi connectivity index (χ0) is 11.4. The third-order valence-electron chi connectivity index (χ3n) is 2.15. The van der Waals surface area contributed by atoms with E-state index in [4.69, 9.17) is 11.6 Å². The summed E-state index contributed by atoms with van der Waals surface area (Å²) >= 11 is 5.86. The summed E-state index contributed by atoms with van der Waals surface area (Å²) < 4.78 is 0. The van der Waals surface area contributed by atoms with E-state index in [0.717, 1.165) is 17.2 Å². The number of halogens is 1. The van der Waals surface area contributed by atoms with E-state index in [9.17, 15) is 0 Å². The van der Waals surface area contributed by atoms with Crippen LogP contribution in [0.4, 0.5) is 5.69 Å². The molecule has 0 amide bonds. The summed E-state index contributed by atoms with van der Waals surface area (Å²) in [5, 5.41) is 3.48. The largest absolute Gasteiger partial charge is 0.343 e. The molecule has 0 fully saturated rings. The monoisotopic (exact) mass is 233 g/mol. The maximum absolute atomic E-state index is 5.86. The molecule has 0 unspecified atom stereocenters. The highest BCUT2D eigenvalue weighted by Crippen LogP contribution is 2.11. The van der Waals surface area contributed by atoms with Crippen LogP contribution in [0.5, 0.6) is 0 Å². The van der Waals surface area contributed by atoms with E-state index >= 15 is 0 Å². The van der Waals surface area contributed by atoms with Crippen molar-refractivity contribution in [1.29, 1.82) is 0 Å². The van der Waals surface area contributed by atoms with E-state index in [1.807, 2.05) is 43.3 Å². The second-order valence-corrected chi connectivity index (χ2v) is 3.82. The molecule has 16 heavy (non-hydrogen) atoms. The Kier molecular flexibility index (Phi) is 3.37. The summed E-state index contributed by atoms with van der Waals surface area (Å²) in [5.41, 5.74) is 1.89. The molecular weight excluding hydrogens is 222 g/mol. The average Bonchev–Trinajstić information content (AvgIpc) is 2.41. The summed E-state index contributed by atoms with van der Waals surface area (Å²) in [6, 6.07) is 9.87. The Labute approximate surface area is 99.6 Å². The highest BCUT2D eigenvalue weighted by atomic mass is 35.5. The van der Waals surface area contributed by atoms with Crippen molar-refractivity contribution in [3.8, 4) is 0 Å². The molecule has 0 aromatic heterocycles. The van der Waals surface area contributed by atoms with Crippen molar-refractivity contribution in [3.05, 3.63) is 42.1 Å². The second-order valence-electron chi connectivity index (χ2n) is 3.48. The zero-order valence-corrected chi connectivity index (χ0v) is 9.70. The predicted octanol–water partition coefficient (Wildman–Crippen LogP) is 3.40. The molecule has 1 aliphatic rings. The van der Waals surface area contributed by atoms with E-state index in [2.05, 4.69) is 15.3 Å². The van der Waals surface area contributed by atoms with Gasteiger partial charge < -0.3 is 5.32 Å². The summed E-state index contributed by atoms with van der Waals surface area (Å²) in [7, 11) is 0. The van der Waals surface area contributed by atoms with E-state index in [1.165, 1.54) is 0 Å². The van der Waals surface area contributed by atoms with Crippen LogP contribution in [0.25, 0.3) is 0 Å². The molecule has 0 atom stereocenters. The zero-order valence-electron chi connectivity index (χ0n) is 8.94. The molecular formula is C12H12ClN3. The predicted molar refractivity (Wildman–Crippen MR) is 69.2 cm³/mol. The number of nitrogens with zero attached hydrogens (tertiary/aromatic N) is 2. The van der Waals surface area contributed by atoms with Crippen LogP contribution in [-0.2, 0) is 0 Å². The van der Waals surface area contributed by atoms with E-state index in [1.54, 1.807) is 0 Å². The third kappa shape index (κ3) is 2.94. The summed E-state index contributed by atoms with van der Waals surface area (Å²) in [6.45, 7) is 1.91. The number of aliphatic imine (C=N–C) groups is 2. The van der Waals surface area contributed by atoms with Gasteiger partial charge in [-0.1, -0.05) is 24.3 Å². The van der Waals surface area contributed by atoms with Crippen molar-refractivity contribution < 1.29 is 0 Å². The Bertz CT molecular complexity index is 460. The van der Waals surface area contributed by atoms with Crippen LogP contribution in [0.2, 0.25) is 0 Å². The van der Waals surface area contributed by atoms with Crippen LogP contribution in [0.15, 0.2) is 52.1 Å². The van der Waals surface area contributed by atoms with Crippen molar-refractivity contribution in [1.82, 2.24) is 0 Å². The second kappa shape index (κ2) is 4.94. The van der Waals surface area contributed by atoms with Crippen molar-refractivity contribution >= 4 is 28.4 Å². The van der Waals surface area contributed by atoms with Crippen molar-refractivity contribution in [2.45, 2.75) is 13.3 Å². The molecule has 1 aromatic rings. The van der Waals surface area contributed by atoms with Crippen LogP contribution in [-0.4, -0.2) is 11.1 Å². The minimum Gasteiger partial charge on any atom is -0.343 e. The van der Waals surface area contributed by atoms with E-state index in [0.29, 0.717) is 6.42 Å². The van der Waals surface area contributed by atoms with Crippen LogP contribution >= 0.6 is 11.6 Å². The van der Waals surface area contributed by atoms with Gasteiger partial charge in [-0.15, -0.1) is 0 Å². The maximum Gasteiger partial charge on any atom is 0.224 e. The third-order valence-corrected chi connectivity index (χ3v) is 2.32. The Morgan fingerprint density at radius 1 is 1.19 bits per heavy atom. The van der Waals surface area contributed by atoms with Crippen molar-refractivity contribution in [2.75, 3.05) is 5.32 Å². The van der Waals surface area contributed by atoms with E-state index in [-0.39, 0.29) is 5.29 Å². The van der Waals surface area contributed by atoms with Gasteiger partial charge in [0.1, 0.15) is 5.84 Å². The van der Waals surface area contributed by atoms with Gasteiger partial charge in [0.05, 0.1) is 0 Å². The molecule has 0 saturated carbocycles. The average molecular weight is 234 g/mol. The molecule has 0 aliphatic carbocycles. The molecule has 0 radical (unpaired) electrons. The molecule has 1 aromatic carbocycles. The van der Waals surface area contributed by atoms with Crippen LogP contribution < -0.4 is 5.32 Å². The lowest BCUT2D eigenvalue weighted by atomic mass is 10.3. The molecule has 2 rings (SSSR count). The Hall–Kier alpha value is -1.61. The fraction of sp³-hybridized carbons (Fsp3) is 0.167. The molecule has 4 heteroatoms. The smallest absolute Gasteiger partial charge is 0.224 e. The minimum absolute atomic E-state index is 0.268. The van der Waals surface area contributed by atoms with Gasteiger partial charge >= 0.3 is 0 Å². The fourth-order valence-corrected chi connectivity index (χ4v) is 1.62. The lowest BCUT2D eigenvalue weighted by Crippen LogP contribution is -2.11. The van der Waals surface area contributed by atoms with Crippen LogP contribution in [0.1, 0.15) is 13.3 Å². The van der Waals surface area contributed by atoms with Crippen molar-refractivity contribution in [2.24, 2.45) is 9.98 Å². The molecule has 0 spiro atoms. The first kappa shape index (κ1) is 10.9.